The molecule has 5 rings (SSSR count). The Labute approximate surface area is 166 Å². The summed E-state index contributed by atoms with van der Waals surface area (Å²) in [7, 11) is 0. The Hall–Kier alpha value is -2.06. The first-order valence-electron chi connectivity index (χ1n) is 10.4. The summed E-state index contributed by atoms with van der Waals surface area (Å²) in [5, 5.41) is 3.66. The van der Waals surface area contributed by atoms with E-state index < -0.39 is 0 Å². The fourth-order valence-corrected chi connectivity index (χ4v) is 4.92. The van der Waals surface area contributed by atoms with E-state index in [1.807, 2.05) is 18.5 Å². The van der Waals surface area contributed by atoms with Gasteiger partial charge in [-0.25, -0.2) is 10.4 Å². The highest BCUT2D eigenvalue weighted by atomic mass is 15.4. The van der Waals surface area contributed by atoms with Gasteiger partial charge in [0.1, 0.15) is 5.82 Å². The number of fused-ring (bicyclic) bond motifs is 1. The first-order chi connectivity index (χ1) is 13.8. The highest BCUT2D eigenvalue weighted by Crippen LogP contribution is 2.38. The Balaban J connectivity index is 1.34. The van der Waals surface area contributed by atoms with Gasteiger partial charge in [0.25, 0.3) is 0 Å². The van der Waals surface area contributed by atoms with E-state index in [2.05, 4.69) is 50.3 Å². The molecule has 7 nitrogen and oxygen atoms in total. The van der Waals surface area contributed by atoms with Crippen molar-refractivity contribution in [1.82, 2.24) is 26.1 Å². The van der Waals surface area contributed by atoms with Crippen LogP contribution in [0.5, 0.6) is 0 Å². The summed E-state index contributed by atoms with van der Waals surface area (Å²) in [4.78, 5) is 11.7. The van der Waals surface area contributed by atoms with E-state index in [-0.39, 0.29) is 6.04 Å². The van der Waals surface area contributed by atoms with Gasteiger partial charge < -0.3 is 16.0 Å². The molecule has 5 heterocycles. The van der Waals surface area contributed by atoms with Gasteiger partial charge in [0.15, 0.2) is 0 Å². The molecule has 28 heavy (non-hydrogen) atoms. The van der Waals surface area contributed by atoms with Crippen molar-refractivity contribution in [2.75, 3.05) is 31.1 Å². The van der Waals surface area contributed by atoms with Crippen molar-refractivity contribution in [3.05, 3.63) is 54.0 Å². The van der Waals surface area contributed by atoms with Crippen molar-refractivity contribution in [2.24, 2.45) is 17.6 Å². The Kier molecular flexibility index (Phi) is 4.98. The monoisotopic (exact) mass is 379 g/mol. The van der Waals surface area contributed by atoms with Crippen molar-refractivity contribution in [2.45, 2.75) is 31.0 Å². The van der Waals surface area contributed by atoms with Crippen LogP contribution in [0.2, 0.25) is 0 Å². The zero-order valence-electron chi connectivity index (χ0n) is 16.1. The highest BCUT2D eigenvalue weighted by molar-refractivity contribution is 5.41. The van der Waals surface area contributed by atoms with Crippen LogP contribution in [0.15, 0.2) is 42.7 Å². The fourth-order valence-electron chi connectivity index (χ4n) is 4.92. The number of nitrogens with one attached hydrogen (secondary N) is 3. The van der Waals surface area contributed by atoms with Crippen LogP contribution in [0.25, 0.3) is 0 Å². The second kappa shape index (κ2) is 7.75. The number of hydrazine groups is 1. The molecule has 2 aromatic heterocycles. The molecule has 0 saturated carbocycles. The summed E-state index contributed by atoms with van der Waals surface area (Å²) in [6, 6.07) is 11.6. The average molecular weight is 380 g/mol. The molecule has 148 valence electrons. The van der Waals surface area contributed by atoms with E-state index in [1.54, 1.807) is 0 Å². The third-order valence-electron chi connectivity index (χ3n) is 6.57. The maximum atomic E-state index is 5.86. The molecule has 4 unspecified atom stereocenters. The molecule has 0 spiro atoms. The molecule has 2 aromatic rings. The summed E-state index contributed by atoms with van der Waals surface area (Å²) in [6.45, 7) is 3.77. The molecule has 3 saturated heterocycles. The van der Waals surface area contributed by atoms with Crippen LogP contribution in [-0.2, 0) is 0 Å². The molecule has 3 aliphatic rings. The summed E-state index contributed by atoms with van der Waals surface area (Å²) >= 11 is 0. The van der Waals surface area contributed by atoms with Gasteiger partial charge in [0.2, 0.25) is 0 Å². The normalized spacial score (nSPS) is 32.5. The lowest BCUT2D eigenvalue weighted by Gasteiger charge is -2.34. The molecule has 7 heteroatoms. The van der Waals surface area contributed by atoms with Crippen molar-refractivity contribution in [3.63, 3.8) is 0 Å². The maximum absolute atomic E-state index is 5.86. The second-order valence-electron chi connectivity index (χ2n) is 8.28. The van der Waals surface area contributed by atoms with Gasteiger partial charge in [0.05, 0.1) is 11.7 Å². The Bertz CT molecular complexity index is 798. The minimum atomic E-state index is 0.221. The summed E-state index contributed by atoms with van der Waals surface area (Å²) in [6.07, 6.45) is 6.03. The summed E-state index contributed by atoms with van der Waals surface area (Å²) < 4.78 is 0. The Morgan fingerprint density at radius 3 is 2.96 bits per heavy atom. The largest absolute Gasteiger partial charge is 0.356 e. The van der Waals surface area contributed by atoms with Gasteiger partial charge in [-0.15, -0.1) is 0 Å². The summed E-state index contributed by atoms with van der Waals surface area (Å²) in [5.74, 6) is 2.16. The second-order valence-corrected chi connectivity index (χ2v) is 8.28. The van der Waals surface area contributed by atoms with E-state index in [0.717, 1.165) is 50.5 Å². The minimum Gasteiger partial charge on any atom is -0.356 e. The minimum absolute atomic E-state index is 0.221. The van der Waals surface area contributed by atoms with Crippen molar-refractivity contribution >= 4 is 5.82 Å². The predicted molar refractivity (Wildman–Crippen MR) is 109 cm³/mol. The molecule has 0 amide bonds. The van der Waals surface area contributed by atoms with Gasteiger partial charge in [-0.05, 0) is 49.1 Å². The lowest BCUT2D eigenvalue weighted by molar-refractivity contribution is 0.265. The molecule has 3 fully saturated rings. The van der Waals surface area contributed by atoms with Crippen molar-refractivity contribution < 1.29 is 0 Å². The van der Waals surface area contributed by atoms with Crippen LogP contribution in [0.1, 0.15) is 36.2 Å². The zero-order valence-corrected chi connectivity index (χ0v) is 16.1. The lowest BCUT2D eigenvalue weighted by Crippen LogP contribution is -2.46. The van der Waals surface area contributed by atoms with Gasteiger partial charge in [-0.2, -0.15) is 0 Å². The number of aromatic nitrogens is 2. The number of nitrogens with two attached hydrogens (primary N) is 1. The average Bonchev–Trinajstić information content (AvgIpc) is 3.41. The number of anilines is 1. The van der Waals surface area contributed by atoms with Crippen LogP contribution in [0.3, 0.4) is 0 Å². The number of rotatable bonds is 4. The van der Waals surface area contributed by atoms with Gasteiger partial charge in [-0.3, -0.25) is 10.4 Å². The standard InChI is InChI=1S/C21H29N7/c22-10-14-6-8-28(13-14)20-5-1-4-17(25-20)21-16-9-18(15-3-2-7-23-11-15)24-12-19(16)26-27-21/h1-5,7,11,14,16,18-19,21,24,26-27H,6,8-10,12-13,22H2/t14-,16?,18?,19?,21?/m1/s1. The van der Waals surface area contributed by atoms with E-state index in [1.165, 1.54) is 5.56 Å². The van der Waals surface area contributed by atoms with Gasteiger partial charge in [0, 0.05) is 50.0 Å². The Morgan fingerprint density at radius 1 is 1.18 bits per heavy atom. The smallest absolute Gasteiger partial charge is 0.128 e. The third kappa shape index (κ3) is 3.39. The topological polar surface area (TPSA) is 91.1 Å². The predicted octanol–water partition coefficient (Wildman–Crippen LogP) is 1.13. The van der Waals surface area contributed by atoms with Gasteiger partial charge >= 0.3 is 0 Å². The van der Waals surface area contributed by atoms with E-state index >= 15 is 0 Å². The van der Waals surface area contributed by atoms with Crippen molar-refractivity contribution in [3.8, 4) is 0 Å². The number of piperidine rings is 1. The maximum Gasteiger partial charge on any atom is 0.128 e. The van der Waals surface area contributed by atoms with Crippen LogP contribution in [0.4, 0.5) is 5.82 Å². The third-order valence-corrected chi connectivity index (χ3v) is 6.57. The molecule has 0 radical (unpaired) electrons. The van der Waals surface area contributed by atoms with E-state index in [9.17, 15) is 0 Å². The lowest BCUT2D eigenvalue weighted by atomic mass is 9.81. The molecule has 5 N–H and O–H groups in total. The first kappa shape index (κ1) is 18.0. The molecule has 3 aliphatic heterocycles. The number of hydrogen-bond acceptors (Lipinski definition) is 7. The van der Waals surface area contributed by atoms with Crippen LogP contribution >= 0.6 is 0 Å². The molecular formula is C21H29N7. The van der Waals surface area contributed by atoms with Crippen LogP contribution in [-0.4, -0.2) is 42.2 Å². The number of hydrogen-bond donors (Lipinski definition) is 4. The summed E-state index contributed by atoms with van der Waals surface area (Å²) in [5.41, 5.74) is 15.3. The van der Waals surface area contributed by atoms with Crippen LogP contribution in [0, 0.1) is 11.8 Å². The Morgan fingerprint density at radius 2 is 2.14 bits per heavy atom. The van der Waals surface area contributed by atoms with Crippen molar-refractivity contribution in [1.29, 1.82) is 0 Å². The SMILES string of the molecule is NC[C@H]1CCN(c2cccc(C3NNC4CNC(c5cccnc5)CC43)n2)C1. The molecule has 0 aromatic carbocycles. The first-order valence-corrected chi connectivity index (χ1v) is 10.4. The zero-order chi connectivity index (χ0) is 18.9. The quantitative estimate of drug-likeness (QED) is 0.633. The molecule has 0 aliphatic carbocycles. The highest BCUT2D eigenvalue weighted by Gasteiger charge is 2.42. The van der Waals surface area contributed by atoms with Crippen LogP contribution < -0.4 is 26.8 Å². The van der Waals surface area contributed by atoms with E-state index in [0.29, 0.717) is 23.9 Å². The number of pyridine rings is 2. The number of nitrogens with zero attached hydrogens (tertiary/aromatic N) is 3. The van der Waals surface area contributed by atoms with Gasteiger partial charge in [-0.1, -0.05) is 12.1 Å². The molecular weight excluding hydrogens is 350 g/mol. The molecule has 5 atom stereocenters. The molecule has 0 bridgehead atoms. The fraction of sp³-hybridized carbons (Fsp3) is 0.524. The van der Waals surface area contributed by atoms with E-state index in [4.69, 9.17) is 10.7 Å².